The van der Waals surface area contributed by atoms with E-state index in [0.29, 0.717) is 52.5 Å². The molecule has 39 heavy (non-hydrogen) atoms. The summed E-state index contributed by atoms with van der Waals surface area (Å²) in [6, 6.07) is 2.69. The van der Waals surface area contributed by atoms with Crippen molar-refractivity contribution in [2.24, 2.45) is 5.92 Å². The molecule has 1 fully saturated rings. The van der Waals surface area contributed by atoms with E-state index >= 15 is 0 Å². The molecule has 1 aliphatic carbocycles. The SMILES string of the molecule is COc1cc(CO)cc(I)c1OC1C=C(C(=O)NCCO)CC(N(CCN2CCOCC2)C(=O)C(C)C)C1O. The van der Waals surface area contributed by atoms with Crippen LogP contribution >= 0.6 is 22.6 Å². The lowest BCUT2D eigenvalue weighted by Gasteiger charge is -2.42. The highest BCUT2D eigenvalue weighted by atomic mass is 127. The zero-order chi connectivity index (χ0) is 28.5. The van der Waals surface area contributed by atoms with E-state index in [0.717, 1.165) is 13.1 Å². The number of ether oxygens (including phenoxy) is 3. The molecule has 0 spiro atoms. The predicted octanol–water partition coefficient (Wildman–Crippen LogP) is 0.524. The molecular formula is C27H40IN3O8. The Morgan fingerprint density at radius 3 is 2.59 bits per heavy atom. The summed E-state index contributed by atoms with van der Waals surface area (Å²) in [6.07, 6.45) is -0.391. The van der Waals surface area contributed by atoms with Gasteiger partial charge in [0, 0.05) is 50.6 Å². The first-order chi connectivity index (χ1) is 18.7. The van der Waals surface area contributed by atoms with Crippen molar-refractivity contribution in [1.29, 1.82) is 0 Å². The van der Waals surface area contributed by atoms with Crippen molar-refractivity contribution in [2.45, 2.75) is 45.1 Å². The van der Waals surface area contributed by atoms with Crippen molar-refractivity contribution >= 4 is 34.4 Å². The van der Waals surface area contributed by atoms with Gasteiger partial charge in [-0.25, -0.2) is 0 Å². The maximum atomic E-state index is 13.4. The Morgan fingerprint density at radius 1 is 1.26 bits per heavy atom. The summed E-state index contributed by atoms with van der Waals surface area (Å²) in [7, 11) is 1.48. The van der Waals surface area contributed by atoms with Gasteiger partial charge in [-0.1, -0.05) is 13.8 Å². The van der Waals surface area contributed by atoms with E-state index < -0.39 is 24.2 Å². The van der Waals surface area contributed by atoms with Crippen LogP contribution in [0.4, 0.5) is 0 Å². The number of hydrogen-bond donors (Lipinski definition) is 4. The summed E-state index contributed by atoms with van der Waals surface area (Å²) in [4.78, 5) is 30.3. The van der Waals surface area contributed by atoms with E-state index in [-0.39, 0.29) is 38.0 Å². The summed E-state index contributed by atoms with van der Waals surface area (Å²) >= 11 is 2.07. The molecule has 2 aliphatic rings. The van der Waals surface area contributed by atoms with Crippen molar-refractivity contribution < 1.29 is 39.1 Å². The Morgan fingerprint density at radius 2 is 1.97 bits per heavy atom. The van der Waals surface area contributed by atoms with Crippen LogP contribution < -0.4 is 14.8 Å². The van der Waals surface area contributed by atoms with Crippen molar-refractivity contribution in [3.63, 3.8) is 0 Å². The van der Waals surface area contributed by atoms with E-state index in [4.69, 9.17) is 14.2 Å². The number of nitrogens with one attached hydrogen (secondary N) is 1. The average molecular weight is 662 g/mol. The fourth-order valence-corrected chi connectivity index (χ4v) is 5.53. The first kappa shape index (κ1) is 31.6. The molecule has 1 aromatic carbocycles. The van der Waals surface area contributed by atoms with Crippen LogP contribution in [0.2, 0.25) is 0 Å². The molecule has 4 N–H and O–H groups in total. The Balaban J connectivity index is 1.95. The molecule has 12 heteroatoms. The quantitative estimate of drug-likeness (QED) is 0.236. The number of methoxy groups -OCH3 is 1. The lowest BCUT2D eigenvalue weighted by atomic mass is 9.87. The zero-order valence-electron chi connectivity index (χ0n) is 22.8. The number of carbonyl (C=O) groups excluding carboxylic acids is 2. The second kappa shape index (κ2) is 15.1. The third-order valence-electron chi connectivity index (χ3n) is 6.88. The molecule has 0 bridgehead atoms. The minimum Gasteiger partial charge on any atom is -0.493 e. The van der Waals surface area contributed by atoms with Crippen LogP contribution in [0, 0.1) is 9.49 Å². The summed E-state index contributed by atoms with van der Waals surface area (Å²) in [5.74, 6) is -0.0887. The highest BCUT2D eigenvalue weighted by Crippen LogP contribution is 2.37. The highest BCUT2D eigenvalue weighted by Gasteiger charge is 2.41. The van der Waals surface area contributed by atoms with Crippen molar-refractivity contribution in [2.75, 3.05) is 59.7 Å². The second-order valence-electron chi connectivity index (χ2n) is 9.92. The highest BCUT2D eigenvalue weighted by molar-refractivity contribution is 14.1. The molecular weight excluding hydrogens is 621 g/mol. The number of rotatable bonds is 12. The number of hydrogen-bond acceptors (Lipinski definition) is 9. The Kier molecular flexibility index (Phi) is 12.3. The zero-order valence-corrected chi connectivity index (χ0v) is 24.9. The van der Waals surface area contributed by atoms with E-state index in [1.54, 1.807) is 23.1 Å². The molecule has 1 saturated heterocycles. The largest absolute Gasteiger partial charge is 0.493 e. The Hall–Kier alpha value is -1.97. The Bertz CT molecular complexity index is 1010. The molecule has 3 atom stereocenters. The number of aliphatic hydroxyl groups excluding tert-OH is 3. The minimum atomic E-state index is -1.13. The topological polar surface area (TPSA) is 141 Å². The minimum absolute atomic E-state index is 0.0783. The first-order valence-electron chi connectivity index (χ1n) is 13.2. The molecule has 1 heterocycles. The lowest BCUT2D eigenvalue weighted by molar-refractivity contribution is -0.142. The molecule has 3 rings (SSSR count). The number of nitrogens with zero attached hydrogens (tertiary/aromatic N) is 2. The van der Waals surface area contributed by atoms with Gasteiger partial charge in [-0.2, -0.15) is 0 Å². The normalized spacial score (nSPS) is 21.8. The number of benzene rings is 1. The van der Waals surface area contributed by atoms with Gasteiger partial charge in [0.1, 0.15) is 12.2 Å². The summed E-state index contributed by atoms with van der Waals surface area (Å²) in [6.45, 7) is 7.10. The monoisotopic (exact) mass is 661 g/mol. The van der Waals surface area contributed by atoms with Crippen molar-refractivity contribution in [3.8, 4) is 11.5 Å². The van der Waals surface area contributed by atoms with E-state index in [2.05, 4.69) is 32.8 Å². The fourth-order valence-electron chi connectivity index (χ4n) is 4.74. The van der Waals surface area contributed by atoms with Crippen LogP contribution in [0.5, 0.6) is 11.5 Å². The first-order valence-corrected chi connectivity index (χ1v) is 14.3. The predicted molar refractivity (Wildman–Crippen MR) is 152 cm³/mol. The molecule has 3 unspecified atom stereocenters. The number of amides is 2. The van der Waals surface area contributed by atoms with Crippen molar-refractivity contribution in [3.05, 3.63) is 32.9 Å². The summed E-state index contributed by atoms with van der Waals surface area (Å²) in [5, 5.41) is 33.1. The lowest BCUT2D eigenvalue weighted by Crippen LogP contribution is -2.57. The van der Waals surface area contributed by atoms with E-state index in [1.807, 2.05) is 13.8 Å². The third-order valence-corrected chi connectivity index (χ3v) is 7.68. The maximum absolute atomic E-state index is 13.4. The smallest absolute Gasteiger partial charge is 0.247 e. The van der Waals surface area contributed by atoms with Gasteiger partial charge >= 0.3 is 0 Å². The molecule has 218 valence electrons. The van der Waals surface area contributed by atoms with Gasteiger partial charge in [-0.05, 0) is 46.4 Å². The number of halogens is 1. The number of aliphatic hydroxyl groups is 3. The van der Waals surface area contributed by atoms with E-state index in [9.17, 15) is 24.9 Å². The molecule has 0 radical (unpaired) electrons. The number of carbonyl (C=O) groups is 2. The molecule has 1 aliphatic heterocycles. The van der Waals surface area contributed by atoms with Gasteiger partial charge in [0.25, 0.3) is 0 Å². The van der Waals surface area contributed by atoms with Gasteiger partial charge in [0.05, 0.1) is 43.1 Å². The molecule has 0 saturated carbocycles. The number of morpholine rings is 1. The summed E-state index contributed by atoms with van der Waals surface area (Å²) < 4.78 is 17.9. The standard InChI is InChI=1S/C27H40IN3O8/c1-17(2)27(36)31(6-5-30-7-10-38-11-8-30)21-14-19(26(35)29-4-9-32)15-22(24(21)34)39-25-20(28)12-18(16-33)13-23(25)37-3/h12-13,15,17,21-22,24,32-34H,4-11,14,16H2,1-3H3,(H,29,35). The van der Waals surface area contributed by atoms with Crippen LogP contribution in [0.3, 0.4) is 0 Å². The third kappa shape index (κ3) is 8.27. The van der Waals surface area contributed by atoms with Gasteiger partial charge < -0.3 is 39.7 Å². The van der Waals surface area contributed by atoms with Gasteiger partial charge in [-0.15, -0.1) is 0 Å². The fraction of sp³-hybridized carbons (Fsp3) is 0.630. The van der Waals surface area contributed by atoms with Crippen LogP contribution in [-0.2, 0) is 20.9 Å². The maximum Gasteiger partial charge on any atom is 0.247 e. The van der Waals surface area contributed by atoms with E-state index in [1.165, 1.54) is 7.11 Å². The molecule has 1 aromatic rings. The van der Waals surface area contributed by atoms with Gasteiger partial charge in [0.2, 0.25) is 11.8 Å². The van der Waals surface area contributed by atoms with Crippen LogP contribution in [0.25, 0.3) is 0 Å². The van der Waals surface area contributed by atoms with Crippen molar-refractivity contribution in [1.82, 2.24) is 15.1 Å². The van der Waals surface area contributed by atoms with Gasteiger partial charge in [-0.3, -0.25) is 14.5 Å². The summed E-state index contributed by atoms with van der Waals surface area (Å²) in [5.41, 5.74) is 1.000. The molecule has 0 aromatic heterocycles. The van der Waals surface area contributed by atoms with Gasteiger partial charge in [0.15, 0.2) is 11.5 Å². The van der Waals surface area contributed by atoms with Crippen LogP contribution in [-0.4, -0.2) is 115 Å². The van der Waals surface area contributed by atoms with Crippen LogP contribution in [0.1, 0.15) is 25.8 Å². The van der Waals surface area contributed by atoms with Crippen LogP contribution in [0.15, 0.2) is 23.8 Å². The Labute approximate surface area is 243 Å². The molecule has 11 nitrogen and oxygen atoms in total. The molecule has 2 amide bonds. The second-order valence-corrected chi connectivity index (χ2v) is 11.1. The average Bonchev–Trinajstić information content (AvgIpc) is 2.94.